The van der Waals surface area contributed by atoms with E-state index < -0.39 is 6.10 Å². The number of aliphatic hydroxyl groups is 1. The highest BCUT2D eigenvalue weighted by molar-refractivity contribution is 9.11. The fraction of sp³-hybridized carbons (Fsp3) is 0.583. The van der Waals surface area contributed by atoms with Crippen LogP contribution in [-0.2, 0) is 0 Å². The molecule has 2 rings (SSSR count). The summed E-state index contributed by atoms with van der Waals surface area (Å²) >= 11 is 6.81. The molecule has 0 radical (unpaired) electrons. The van der Waals surface area contributed by atoms with Crippen LogP contribution in [0.2, 0.25) is 0 Å². The Kier molecular flexibility index (Phi) is 4.58. The minimum absolute atomic E-state index is 0.101. The molecule has 3 nitrogen and oxygen atoms in total. The first-order valence-corrected chi connectivity index (χ1v) is 7.39. The number of aliphatic hydroxyl groups excluding tert-OH is 1. The van der Waals surface area contributed by atoms with Gasteiger partial charge in [-0.15, -0.1) is 0 Å². The van der Waals surface area contributed by atoms with Gasteiger partial charge in [-0.25, -0.2) is 0 Å². The molecule has 94 valence electrons. The zero-order chi connectivity index (χ0) is 12.4. The van der Waals surface area contributed by atoms with E-state index >= 15 is 0 Å². The van der Waals surface area contributed by atoms with E-state index in [9.17, 15) is 5.11 Å². The van der Waals surface area contributed by atoms with Crippen molar-refractivity contribution in [1.29, 1.82) is 0 Å². The second kappa shape index (κ2) is 5.78. The molecule has 0 saturated carbocycles. The van der Waals surface area contributed by atoms with Crippen LogP contribution < -0.4 is 5.32 Å². The molecule has 0 spiro atoms. The summed E-state index contributed by atoms with van der Waals surface area (Å²) in [5, 5.41) is 13.7. The van der Waals surface area contributed by atoms with Gasteiger partial charge in [0.2, 0.25) is 0 Å². The van der Waals surface area contributed by atoms with Gasteiger partial charge in [-0.3, -0.25) is 4.98 Å². The van der Waals surface area contributed by atoms with Crippen molar-refractivity contribution in [2.45, 2.75) is 31.9 Å². The number of aromatic nitrogens is 1. The summed E-state index contributed by atoms with van der Waals surface area (Å²) in [6, 6.07) is 2.02. The van der Waals surface area contributed by atoms with Gasteiger partial charge in [-0.05, 0) is 63.2 Å². The molecule has 3 unspecified atom stereocenters. The molecule has 1 fully saturated rings. The van der Waals surface area contributed by atoms with Crippen molar-refractivity contribution in [3.8, 4) is 0 Å². The molecule has 5 heteroatoms. The molecule has 0 amide bonds. The van der Waals surface area contributed by atoms with E-state index in [1.54, 1.807) is 6.20 Å². The third-order valence-corrected chi connectivity index (χ3v) is 4.27. The molecule has 2 N–H and O–H groups in total. The summed E-state index contributed by atoms with van der Waals surface area (Å²) < 4.78 is 1.75. The molecule has 1 saturated heterocycles. The minimum Gasteiger partial charge on any atom is -0.385 e. The Morgan fingerprint density at radius 2 is 2.29 bits per heavy atom. The van der Waals surface area contributed by atoms with Crippen LogP contribution in [0.4, 0.5) is 0 Å². The highest BCUT2D eigenvalue weighted by Crippen LogP contribution is 2.30. The Hall–Kier alpha value is 0.0300. The highest BCUT2D eigenvalue weighted by Gasteiger charge is 2.28. The molecule has 2 heterocycles. The van der Waals surface area contributed by atoms with Gasteiger partial charge in [-0.1, -0.05) is 6.92 Å². The molecule has 1 aromatic heterocycles. The predicted octanol–water partition coefficient (Wildman–Crippen LogP) is 3.03. The summed E-state index contributed by atoms with van der Waals surface area (Å²) in [7, 11) is 0. The predicted molar refractivity (Wildman–Crippen MR) is 74.8 cm³/mol. The Morgan fingerprint density at radius 1 is 1.53 bits per heavy atom. The van der Waals surface area contributed by atoms with E-state index in [0.717, 1.165) is 21.9 Å². The topological polar surface area (TPSA) is 45.1 Å². The van der Waals surface area contributed by atoms with Gasteiger partial charge in [-0.2, -0.15) is 0 Å². The van der Waals surface area contributed by atoms with Crippen LogP contribution in [-0.4, -0.2) is 22.7 Å². The Morgan fingerprint density at radius 3 is 2.94 bits per heavy atom. The molecule has 1 aromatic rings. The largest absolute Gasteiger partial charge is 0.385 e. The standard InChI is InChI=1S/C12H16Br2N2O/c1-7-2-3-15-10(4-7)12(17)11-9(14)5-8(13)6-16-11/h5-7,10,12,15,17H,2-4H2,1H3. The van der Waals surface area contributed by atoms with E-state index in [2.05, 4.69) is 49.1 Å². The first-order chi connectivity index (χ1) is 8.08. The normalized spacial score (nSPS) is 26.8. The first-order valence-electron chi connectivity index (χ1n) is 5.80. The number of piperidine rings is 1. The second-order valence-electron chi connectivity index (χ2n) is 4.66. The van der Waals surface area contributed by atoms with Crippen LogP contribution in [0.15, 0.2) is 21.2 Å². The number of halogens is 2. The lowest BCUT2D eigenvalue weighted by Gasteiger charge is -2.31. The van der Waals surface area contributed by atoms with Crippen molar-refractivity contribution in [3.63, 3.8) is 0 Å². The zero-order valence-corrected chi connectivity index (χ0v) is 12.8. The maximum absolute atomic E-state index is 10.4. The van der Waals surface area contributed by atoms with Crippen LogP contribution in [0.1, 0.15) is 31.6 Å². The smallest absolute Gasteiger partial charge is 0.112 e. The zero-order valence-electron chi connectivity index (χ0n) is 9.66. The molecular formula is C12H16Br2N2O. The van der Waals surface area contributed by atoms with Crippen molar-refractivity contribution in [3.05, 3.63) is 26.9 Å². The maximum atomic E-state index is 10.4. The summed E-state index contributed by atoms with van der Waals surface area (Å²) in [5.74, 6) is 0.658. The number of nitrogens with zero attached hydrogens (tertiary/aromatic N) is 1. The number of pyridine rings is 1. The van der Waals surface area contributed by atoms with Crippen molar-refractivity contribution < 1.29 is 5.11 Å². The monoisotopic (exact) mass is 362 g/mol. The lowest BCUT2D eigenvalue weighted by atomic mass is 9.90. The van der Waals surface area contributed by atoms with Gasteiger partial charge in [0, 0.05) is 21.2 Å². The maximum Gasteiger partial charge on any atom is 0.112 e. The number of hydrogen-bond donors (Lipinski definition) is 2. The van der Waals surface area contributed by atoms with Gasteiger partial charge < -0.3 is 10.4 Å². The van der Waals surface area contributed by atoms with Gasteiger partial charge in [0.1, 0.15) is 6.10 Å². The Labute approximate surface area is 118 Å². The van der Waals surface area contributed by atoms with Crippen LogP contribution in [0.25, 0.3) is 0 Å². The lowest BCUT2D eigenvalue weighted by Crippen LogP contribution is -2.41. The Bertz CT molecular complexity index is 400. The van der Waals surface area contributed by atoms with Crippen LogP contribution in [0.3, 0.4) is 0 Å². The van der Waals surface area contributed by atoms with Crippen LogP contribution in [0.5, 0.6) is 0 Å². The van der Waals surface area contributed by atoms with Crippen molar-refractivity contribution in [2.75, 3.05) is 6.54 Å². The molecule has 1 aliphatic heterocycles. The third-order valence-electron chi connectivity index (χ3n) is 3.20. The van der Waals surface area contributed by atoms with E-state index in [1.807, 2.05) is 6.07 Å². The van der Waals surface area contributed by atoms with E-state index in [-0.39, 0.29) is 6.04 Å². The molecule has 0 aliphatic carbocycles. The van der Waals surface area contributed by atoms with E-state index in [0.29, 0.717) is 11.6 Å². The van der Waals surface area contributed by atoms with Crippen molar-refractivity contribution in [1.82, 2.24) is 10.3 Å². The van der Waals surface area contributed by atoms with Crippen LogP contribution in [0, 0.1) is 5.92 Å². The quantitative estimate of drug-likeness (QED) is 0.848. The van der Waals surface area contributed by atoms with Gasteiger partial charge in [0.25, 0.3) is 0 Å². The summed E-state index contributed by atoms with van der Waals surface area (Å²) in [4.78, 5) is 4.29. The van der Waals surface area contributed by atoms with E-state index in [4.69, 9.17) is 0 Å². The molecule has 1 aliphatic rings. The number of nitrogens with one attached hydrogen (secondary N) is 1. The SMILES string of the molecule is CC1CCNC(C(O)c2ncc(Br)cc2Br)C1. The summed E-state index contributed by atoms with van der Waals surface area (Å²) in [5.41, 5.74) is 0.708. The lowest BCUT2D eigenvalue weighted by molar-refractivity contribution is 0.0971. The average Bonchev–Trinajstić information content (AvgIpc) is 2.28. The summed E-state index contributed by atoms with van der Waals surface area (Å²) in [6.45, 7) is 3.20. The minimum atomic E-state index is -0.555. The third kappa shape index (κ3) is 3.28. The fourth-order valence-corrected chi connectivity index (χ4v) is 3.45. The van der Waals surface area contributed by atoms with Crippen LogP contribution >= 0.6 is 31.9 Å². The molecule has 3 atom stereocenters. The highest BCUT2D eigenvalue weighted by atomic mass is 79.9. The van der Waals surface area contributed by atoms with Gasteiger partial charge in [0.05, 0.1) is 5.69 Å². The average molecular weight is 364 g/mol. The van der Waals surface area contributed by atoms with Gasteiger partial charge in [0.15, 0.2) is 0 Å². The van der Waals surface area contributed by atoms with Crippen molar-refractivity contribution in [2.24, 2.45) is 5.92 Å². The molecule has 0 bridgehead atoms. The molecule has 0 aromatic carbocycles. The molecular weight excluding hydrogens is 348 g/mol. The Balaban J connectivity index is 2.15. The second-order valence-corrected chi connectivity index (χ2v) is 6.43. The molecule has 17 heavy (non-hydrogen) atoms. The van der Waals surface area contributed by atoms with E-state index in [1.165, 1.54) is 6.42 Å². The number of rotatable bonds is 2. The fourth-order valence-electron chi connectivity index (χ4n) is 2.22. The summed E-state index contributed by atoms with van der Waals surface area (Å²) in [6.07, 6.45) is 3.33. The van der Waals surface area contributed by atoms with Crippen molar-refractivity contribution >= 4 is 31.9 Å². The van der Waals surface area contributed by atoms with Gasteiger partial charge >= 0.3 is 0 Å². The first kappa shape index (κ1) is 13.5. The number of hydrogen-bond acceptors (Lipinski definition) is 3.